The van der Waals surface area contributed by atoms with Crippen molar-refractivity contribution in [2.45, 2.75) is 25.3 Å². The largest absolute Gasteiger partial charge is 0.366 e. The zero-order chi connectivity index (χ0) is 17.5. The number of hydrogen-bond acceptors (Lipinski definition) is 3. The van der Waals surface area contributed by atoms with E-state index >= 15 is 0 Å². The average molecular weight is 339 g/mol. The lowest BCUT2D eigenvalue weighted by molar-refractivity contribution is 0.100. The van der Waals surface area contributed by atoms with E-state index < -0.39 is 11.7 Å². The first-order valence-corrected chi connectivity index (χ1v) is 8.36. The van der Waals surface area contributed by atoms with Crippen LogP contribution in [0.15, 0.2) is 30.0 Å². The molecule has 3 heterocycles. The molecule has 2 aliphatic rings. The molecule has 0 bridgehead atoms. The van der Waals surface area contributed by atoms with Crippen molar-refractivity contribution in [3.63, 3.8) is 0 Å². The molecule has 6 nitrogen and oxygen atoms in total. The molecule has 1 aromatic carbocycles. The van der Waals surface area contributed by atoms with Crippen LogP contribution < -0.4 is 5.73 Å². The third kappa shape index (κ3) is 1.81. The van der Waals surface area contributed by atoms with Gasteiger partial charge in [0.05, 0.1) is 22.7 Å². The van der Waals surface area contributed by atoms with E-state index in [0.29, 0.717) is 17.1 Å². The Bertz CT molecular complexity index is 1090. The number of halogens is 1. The Morgan fingerprint density at radius 3 is 2.92 bits per heavy atom. The Labute approximate surface area is 143 Å². The molecule has 128 valence electrons. The number of carbonyl (C=O) groups is 1. The molecule has 2 aromatic heterocycles. The van der Waals surface area contributed by atoms with Gasteiger partial charge in [0.15, 0.2) is 0 Å². The van der Waals surface area contributed by atoms with E-state index in [2.05, 4.69) is 34.9 Å². The third-order valence-corrected chi connectivity index (χ3v) is 5.52. The smallest absolute Gasteiger partial charge is 0.251 e. The molecule has 25 heavy (non-hydrogen) atoms. The molecule has 3 aromatic rings. The maximum atomic E-state index is 13.8. The SMILES string of the molecule is CC(C)N1CC2=CC2(c2cnn3c2[nH]c2cc(F)cc(C(N)=O)c23)C1. The van der Waals surface area contributed by atoms with Crippen LogP contribution >= 0.6 is 0 Å². The number of primary amides is 1. The van der Waals surface area contributed by atoms with Crippen LogP contribution in [0.1, 0.15) is 29.8 Å². The number of nitrogens with two attached hydrogens (primary N) is 1. The van der Waals surface area contributed by atoms with Gasteiger partial charge < -0.3 is 10.7 Å². The Kier molecular flexibility index (Phi) is 2.63. The van der Waals surface area contributed by atoms with Crippen LogP contribution in [-0.4, -0.2) is 44.5 Å². The second-order valence-electron chi connectivity index (χ2n) is 7.30. The minimum absolute atomic E-state index is 0.0850. The normalized spacial score (nSPS) is 22.8. The van der Waals surface area contributed by atoms with Crippen LogP contribution in [0.5, 0.6) is 0 Å². The predicted octanol–water partition coefficient (Wildman–Crippen LogP) is 1.96. The first-order chi connectivity index (χ1) is 11.9. The van der Waals surface area contributed by atoms with E-state index in [1.807, 2.05) is 6.20 Å². The fourth-order valence-corrected chi connectivity index (χ4v) is 4.09. The molecule has 1 atom stereocenters. The maximum Gasteiger partial charge on any atom is 0.251 e. The van der Waals surface area contributed by atoms with Gasteiger partial charge in [-0.15, -0.1) is 0 Å². The second kappa shape index (κ2) is 4.49. The lowest BCUT2D eigenvalue weighted by atomic mass is 9.95. The van der Waals surface area contributed by atoms with Gasteiger partial charge in [-0.05, 0) is 31.6 Å². The second-order valence-corrected chi connectivity index (χ2v) is 7.30. The Balaban J connectivity index is 1.71. The number of fused-ring (bicyclic) bond motifs is 4. The van der Waals surface area contributed by atoms with Crippen LogP contribution in [0.2, 0.25) is 0 Å². The molecule has 0 radical (unpaired) electrons. The molecule has 0 saturated carbocycles. The van der Waals surface area contributed by atoms with E-state index in [1.165, 1.54) is 11.6 Å². The predicted molar refractivity (Wildman–Crippen MR) is 92.0 cm³/mol. The molecule has 1 fully saturated rings. The Hall–Kier alpha value is -2.67. The lowest BCUT2D eigenvalue weighted by Crippen LogP contribution is -2.32. The summed E-state index contributed by atoms with van der Waals surface area (Å²) in [4.78, 5) is 17.4. The molecule has 5 rings (SSSR count). The van der Waals surface area contributed by atoms with Crippen LogP contribution in [0, 0.1) is 5.82 Å². The van der Waals surface area contributed by atoms with E-state index in [9.17, 15) is 9.18 Å². The van der Waals surface area contributed by atoms with Crippen molar-refractivity contribution in [1.29, 1.82) is 0 Å². The number of aromatic nitrogens is 3. The third-order valence-electron chi connectivity index (χ3n) is 5.52. The van der Waals surface area contributed by atoms with Gasteiger partial charge in [-0.3, -0.25) is 9.69 Å². The van der Waals surface area contributed by atoms with Gasteiger partial charge in [0.2, 0.25) is 0 Å². The topological polar surface area (TPSA) is 79.4 Å². The van der Waals surface area contributed by atoms with Crippen molar-refractivity contribution < 1.29 is 9.18 Å². The first kappa shape index (κ1) is 14.7. The summed E-state index contributed by atoms with van der Waals surface area (Å²) in [5.74, 6) is -1.17. The van der Waals surface area contributed by atoms with Crippen LogP contribution in [0.4, 0.5) is 4.39 Å². The highest BCUT2D eigenvalue weighted by Crippen LogP contribution is 2.53. The summed E-state index contributed by atoms with van der Waals surface area (Å²) in [7, 11) is 0. The van der Waals surface area contributed by atoms with Crippen molar-refractivity contribution in [3.8, 4) is 0 Å². The number of nitrogens with one attached hydrogen (secondary N) is 1. The summed E-state index contributed by atoms with van der Waals surface area (Å²) in [6.07, 6.45) is 4.12. The van der Waals surface area contributed by atoms with Crippen molar-refractivity contribution in [1.82, 2.24) is 19.5 Å². The minimum Gasteiger partial charge on any atom is -0.366 e. The number of carbonyl (C=O) groups excluding carboxylic acids is 1. The number of likely N-dealkylation sites (tertiary alicyclic amines) is 1. The van der Waals surface area contributed by atoms with Gasteiger partial charge in [-0.25, -0.2) is 8.91 Å². The maximum absolute atomic E-state index is 13.8. The number of hydrogen-bond donors (Lipinski definition) is 2. The summed E-state index contributed by atoms with van der Waals surface area (Å²) in [6, 6.07) is 3.01. The lowest BCUT2D eigenvalue weighted by Gasteiger charge is -2.23. The van der Waals surface area contributed by atoms with E-state index in [0.717, 1.165) is 30.4 Å². The van der Waals surface area contributed by atoms with Gasteiger partial charge in [0.1, 0.15) is 17.0 Å². The average Bonchev–Trinajstić information content (AvgIpc) is 2.90. The molecule has 0 spiro atoms. The minimum atomic E-state index is -0.669. The zero-order valence-corrected chi connectivity index (χ0v) is 14.0. The zero-order valence-electron chi connectivity index (χ0n) is 14.0. The van der Waals surface area contributed by atoms with E-state index in [4.69, 9.17) is 5.73 Å². The highest BCUT2D eigenvalue weighted by Gasteiger charge is 2.54. The summed E-state index contributed by atoms with van der Waals surface area (Å²) in [6.45, 7) is 6.28. The highest BCUT2D eigenvalue weighted by atomic mass is 19.1. The quantitative estimate of drug-likeness (QED) is 0.716. The Morgan fingerprint density at radius 2 is 2.24 bits per heavy atom. The number of H-pyrrole nitrogens is 1. The molecule has 1 amide bonds. The van der Waals surface area contributed by atoms with Crippen molar-refractivity contribution >= 4 is 22.6 Å². The van der Waals surface area contributed by atoms with E-state index in [1.54, 1.807) is 4.52 Å². The Morgan fingerprint density at radius 1 is 1.44 bits per heavy atom. The summed E-state index contributed by atoms with van der Waals surface area (Å²) >= 11 is 0. The molecule has 3 N–H and O–H groups in total. The highest BCUT2D eigenvalue weighted by molar-refractivity contribution is 6.05. The van der Waals surface area contributed by atoms with Crippen LogP contribution in [-0.2, 0) is 5.41 Å². The number of aromatic amines is 1. The number of rotatable bonds is 3. The number of imidazole rings is 1. The molecule has 1 aliphatic carbocycles. The molecular formula is C18H18FN5O. The molecule has 1 unspecified atom stereocenters. The standard InChI is InChI=1S/C18H18FN5O/c1-9(2)23-7-10-5-18(10,8-23)13-6-21-24-15-12(16(20)25)3-11(19)4-14(15)22-17(13)24/h3-6,9,22H,7-8H2,1-2H3,(H2,20,25). The molecule has 1 aliphatic heterocycles. The van der Waals surface area contributed by atoms with Crippen molar-refractivity contribution in [2.24, 2.45) is 5.73 Å². The van der Waals surface area contributed by atoms with E-state index in [-0.39, 0.29) is 11.0 Å². The number of amides is 1. The van der Waals surface area contributed by atoms with Crippen LogP contribution in [0.25, 0.3) is 16.7 Å². The van der Waals surface area contributed by atoms with Gasteiger partial charge >= 0.3 is 0 Å². The fraction of sp³-hybridized carbons (Fsp3) is 0.333. The van der Waals surface area contributed by atoms with Crippen molar-refractivity contribution in [3.05, 3.63) is 46.9 Å². The van der Waals surface area contributed by atoms with Gasteiger partial charge in [0.25, 0.3) is 5.91 Å². The van der Waals surface area contributed by atoms with Gasteiger partial charge in [-0.1, -0.05) is 6.08 Å². The first-order valence-electron chi connectivity index (χ1n) is 8.36. The van der Waals surface area contributed by atoms with Gasteiger partial charge in [-0.2, -0.15) is 5.10 Å². The molecule has 7 heteroatoms. The van der Waals surface area contributed by atoms with Crippen molar-refractivity contribution in [2.75, 3.05) is 13.1 Å². The fourth-order valence-electron chi connectivity index (χ4n) is 4.09. The molecular weight excluding hydrogens is 321 g/mol. The monoisotopic (exact) mass is 339 g/mol. The number of nitrogens with zero attached hydrogens (tertiary/aromatic N) is 3. The summed E-state index contributed by atoms with van der Waals surface area (Å²) < 4.78 is 15.5. The summed E-state index contributed by atoms with van der Waals surface area (Å²) in [5, 5.41) is 4.47. The number of benzene rings is 1. The van der Waals surface area contributed by atoms with Crippen LogP contribution in [0.3, 0.4) is 0 Å². The van der Waals surface area contributed by atoms with Gasteiger partial charge in [0, 0.05) is 24.7 Å². The summed E-state index contributed by atoms with van der Waals surface area (Å²) in [5.41, 5.74) is 9.79. The molecule has 1 saturated heterocycles.